The molecule has 4 aromatic rings. The maximum atomic E-state index is 6.59. The Hall–Kier alpha value is -3.35. The zero-order valence-electron chi connectivity index (χ0n) is 19.2. The van der Waals surface area contributed by atoms with Gasteiger partial charge in [0.15, 0.2) is 5.11 Å². The van der Waals surface area contributed by atoms with Crippen LogP contribution in [0.25, 0.3) is 5.69 Å². The summed E-state index contributed by atoms with van der Waals surface area (Å²) in [6, 6.07) is 23.8. The summed E-state index contributed by atoms with van der Waals surface area (Å²) in [6.07, 6.45) is 1.82. The maximum absolute atomic E-state index is 6.59. The zero-order chi connectivity index (χ0) is 23.8. The number of methoxy groups -OCH3 is 1. The second kappa shape index (κ2) is 9.12. The third kappa shape index (κ3) is 3.73. The van der Waals surface area contributed by atoms with Crippen molar-refractivity contribution >= 4 is 34.6 Å². The first-order chi connectivity index (χ1) is 16.5. The molecule has 0 bridgehead atoms. The number of thiocarbonyl (C=S) groups is 1. The number of nitrogens with one attached hydrogen (secondary N) is 1. The molecular formula is C27H25ClN4OS. The van der Waals surface area contributed by atoms with Crippen LogP contribution < -0.4 is 15.0 Å². The standard InChI is InChI=1S/C27H25ClN4OS/c1-17-16-19(18(2)31(17)22-12-5-4-10-20(22)28)26-25(21-11-8-9-15-29-21)30-27(34)32(26)23-13-6-7-14-24(23)33-3/h4-16,25-26H,1-3H3,(H,30,34)/t25-,26+/m0/s1. The minimum atomic E-state index is -0.140. The largest absolute Gasteiger partial charge is 0.495 e. The minimum absolute atomic E-state index is 0.138. The number of anilines is 1. The normalized spacial score (nSPS) is 17.6. The Morgan fingerprint density at radius 1 is 0.971 bits per heavy atom. The molecule has 1 N–H and O–H groups in total. The third-order valence-electron chi connectivity index (χ3n) is 6.33. The van der Waals surface area contributed by atoms with Gasteiger partial charge in [0, 0.05) is 17.6 Å². The number of para-hydroxylation sites is 3. The van der Waals surface area contributed by atoms with Crippen LogP contribution in [0, 0.1) is 13.8 Å². The first kappa shape index (κ1) is 22.4. The zero-order valence-corrected chi connectivity index (χ0v) is 20.8. The van der Waals surface area contributed by atoms with Gasteiger partial charge < -0.3 is 19.5 Å². The van der Waals surface area contributed by atoms with Crippen molar-refractivity contribution in [2.75, 3.05) is 12.0 Å². The third-order valence-corrected chi connectivity index (χ3v) is 6.96. The van der Waals surface area contributed by atoms with Gasteiger partial charge >= 0.3 is 0 Å². The van der Waals surface area contributed by atoms with Crippen molar-refractivity contribution in [3.05, 3.63) is 107 Å². The lowest BCUT2D eigenvalue weighted by Gasteiger charge is -2.29. The van der Waals surface area contributed by atoms with Crippen LogP contribution in [-0.2, 0) is 0 Å². The van der Waals surface area contributed by atoms with E-state index in [1.165, 1.54) is 0 Å². The van der Waals surface area contributed by atoms with Crippen molar-refractivity contribution in [3.8, 4) is 11.4 Å². The van der Waals surface area contributed by atoms with E-state index in [2.05, 4.69) is 39.7 Å². The predicted octanol–water partition coefficient (Wildman–Crippen LogP) is 6.33. The number of rotatable bonds is 5. The van der Waals surface area contributed by atoms with Crippen LogP contribution in [0.5, 0.6) is 5.75 Å². The van der Waals surface area contributed by atoms with E-state index in [1.54, 1.807) is 7.11 Å². The van der Waals surface area contributed by atoms with Gasteiger partial charge in [0.2, 0.25) is 0 Å². The number of ether oxygens (including phenoxy) is 1. The number of aryl methyl sites for hydroxylation is 1. The quantitative estimate of drug-likeness (QED) is 0.332. The molecular weight excluding hydrogens is 464 g/mol. The summed E-state index contributed by atoms with van der Waals surface area (Å²) in [5.74, 6) is 0.762. The van der Waals surface area contributed by atoms with Crippen LogP contribution in [0.1, 0.15) is 34.7 Å². The summed E-state index contributed by atoms with van der Waals surface area (Å²) in [5, 5.41) is 4.87. The minimum Gasteiger partial charge on any atom is -0.495 e. The second-order valence-corrected chi connectivity index (χ2v) is 9.08. The van der Waals surface area contributed by atoms with Gasteiger partial charge in [0.25, 0.3) is 0 Å². The number of nitrogens with zero attached hydrogens (tertiary/aromatic N) is 3. The average Bonchev–Trinajstić information content (AvgIpc) is 3.35. The van der Waals surface area contributed by atoms with Crippen LogP contribution in [0.4, 0.5) is 5.69 Å². The maximum Gasteiger partial charge on any atom is 0.174 e. The highest BCUT2D eigenvalue weighted by Gasteiger charge is 2.43. The molecule has 0 spiro atoms. The summed E-state index contributed by atoms with van der Waals surface area (Å²) in [7, 11) is 1.68. The number of benzene rings is 2. The molecule has 3 heterocycles. The Morgan fingerprint density at radius 3 is 2.38 bits per heavy atom. The highest BCUT2D eigenvalue weighted by atomic mass is 35.5. The molecule has 1 aliphatic heterocycles. The fraction of sp³-hybridized carbons (Fsp3) is 0.185. The molecule has 34 heavy (non-hydrogen) atoms. The summed E-state index contributed by atoms with van der Waals surface area (Å²) in [6.45, 7) is 4.23. The van der Waals surface area contributed by atoms with Crippen molar-refractivity contribution in [2.45, 2.75) is 25.9 Å². The molecule has 0 aliphatic carbocycles. The van der Waals surface area contributed by atoms with Crippen LogP contribution in [0.15, 0.2) is 79.0 Å². The first-order valence-corrected chi connectivity index (χ1v) is 11.9. The van der Waals surface area contributed by atoms with E-state index in [9.17, 15) is 0 Å². The first-order valence-electron chi connectivity index (χ1n) is 11.1. The molecule has 5 nitrogen and oxygen atoms in total. The van der Waals surface area contributed by atoms with Crippen LogP contribution in [0.2, 0.25) is 5.02 Å². The lowest BCUT2D eigenvalue weighted by atomic mass is 9.96. The molecule has 5 rings (SSSR count). The second-order valence-electron chi connectivity index (χ2n) is 8.28. The van der Waals surface area contributed by atoms with E-state index >= 15 is 0 Å². The Bertz CT molecular complexity index is 1350. The Balaban J connectivity index is 1.72. The summed E-state index contributed by atoms with van der Waals surface area (Å²) < 4.78 is 7.91. The van der Waals surface area contributed by atoms with E-state index in [4.69, 9.17) is 28.6 Å². The van der Waals surface area contributed by atoms with Crippen LogP contribution in [0.3, 0.4) is 0 Å². The van der Waals surface area contributed by atoms with Gasteiger partial charge in [-0.3, -0.25) is 4.98 Å². The Morgan fingerprint density at radius 2 is 1.68 bits per heavy atom. The van der Waals surface area contributed by atoms with Crippen molar-refractivity contribution < 1.29 is 4.74 Å². The van der Waals surface area contributed by atoms with Gasteiger partial charge in [0.05, 0.1) is 41.3 Å². The molecule has 1 aliphatic rings. The van der Waals surface area contributed by atoms with Gasteiger partial charge in [-0.05, 0) is 74.1 Å². The topological polar surface area (TPSA) is 42.3 Å². The van der Waals surface area contributed by atoms with E-state index in [0.717, 1.165) is 39.8 Å². The monoisotopic (exact) mass is 488 g/mol. The number of pyridine rings is 1. The van der Waals surface area contributed by atoms with Gasteiger partial charge in [0.1, 0.15) is 5.75 Å². The number of aromatic nitrogens is 2. The van der Waals surface area contributed by atoms with Crippen molar-refractivity contribution in [1.29, 1.82) is 0 Å². The highest BCUT2D eigenvalue weighted by Crippen LogP contribution is 2.46. The molecule has 2 atom stereocenters. The molecule has 2 aromatic carbocycles. The molecule has 0 saturated carbocycles. The molecule has 172 valence electrons. The molecule has 7 heteroatoms. The molecule has 1 fully saturated rings. The van der Waals surface area contributed by atoms with E-state index in [1.807, 2.05) is 72.9 Å². The lowest BCUT2D eigenvalue weighted by Crippen LogP contribution is -2.30. The molecule has 0 radical (unpaired) electrons. The van der Waals surface area contributed by atoms with Crippen molar-refractivity contribution in [3.63, 3.8) is 0 Å². The van der Waals surface area contributed by atoms with Crippen molar-refractivity contribution in [2.24, 2.45) is 0 Å². The SMILES string of the molecule is COc1ccccc1N1C(=S)N[C@@H](c2ccccn2)[C@H]1c1cc(C)n(-c2ccccc2Cl)c1C. The average molecular weight is 489 g/mol. The lowest BCUT2D eigenvalue weighted by molar-refractivity contribution is 0.414. The number of hydrogen-bond acceptors (Lipinski definition) is 3. The summed E-state index contributed by atoms with van der Waals surface area (Å²) in [4.78, 5) is 6.81. The van der Waals surface area contributed by atoms with Gasteiger partial charge in [-0.1, -0.05) is 41.9 Å². The van der Waals surface area contributed by atoms with E-state index < -0.39 is 0 Å². The Labute approximate surface area is 210 Å². The smallest absolute Gasteiger partial charge is 0.174 e. The number of halogens is 1. The van der Waals surface area contributed by atoms with Crippen LogP contribution in [-0.4, -0.2) is 21.8 Å². The number of hydrogen-bond donors (Lipinski definition) is 1. The fourth-order valence-electron chi connectivity index (χ4n) is 4.85. The van der Waals surface area contributed by atoms with Crippen molar-refractivity contribution in [1.82, 2.24) is 14.9 Å². The molecule has 0 unspecified atom stereocenters. The van der Waals surface area contributed by atoms with E-state index in [0.29, 0.717) is 10.1 Å². The van der Waals surface area contributed by atoms with E-state index in [-0.39, 0.29) is 12.1 Å². The van der Waals surface area contributed by atoms with Gasteiger partial charge in [-0.2, -0.15) is 0 Å². The summed E-state index contributed by atoms with van der Waals surface area (Å²) >= 11 is 12.5. The molecule has 1 saturated heterocycles. The highest BCUT2D eigenvalue weighted by molar-refractivity contribution is 7.80. The van der Waals surface area contributed by atoms with Crippen LogP contribution >= 0.6 is 23.8 Å². The molecule has 2 aromatic heterocycles. The predicted molar refractivity (Wildman–Crippen MR) is 141 cm³/mol. The summed E-state index contributed by atoms with van der Waals surface area (Å²) in [5.41, 5.74) is 6.13. The van der Waals surface area contributed by atoms with Gasteiger partial charge in [-0.15, -0.1) is 0 Å². The molecule has 0 amide bonds. The fourth-order valence-corrected chi connectivity index (χ4v) is 5.41. The Kier molecular flexibility index (Phi) is 6.02. The van der Waals surface area contributed by atoms with Gasteiger partial charge in [-0.25, -0.2) is 0 Å².